The average Bonchev–Trinajstić information content (AvgIpc) is 3.39. The summed E-state index contributed by atoms with van der Waals surface area (Å²) >= 11 is 6.37. The Morgan fingerprint density at radius 1 is 1.29 bits per heavy atom. The molecular weight excluding hydrogens is 472 g/mol. The lowest BCUT2D eigenvalue weighted by atomic mass is 10.1. The minimum Gasteiger partial charge on any atom is -0.381 e. The Balaban J connectivity index is 1.55. The molecule has 35 heavy (non-hydrogen) atoms. The fourth-order valence-corrected chi connectivity index (χ4v) is 4.36. The summed E-state index contributed by atoms with van der Waals surface area (Å²) in [4.78, 5) is 31.0. The number of tetrazole rings is 1. The highest BCUT2D eigenvalue weighted by Crippen LogP contribution is 2.24. The molecule has 0 saturated carbocycles. The first kappa shape index (κ1) is 22.5. The summed E-state index contributed by atoms with van der Waals surface area (Å²) < 4.78 is 4.58. The van der Waals surface area contributed by atoms with Crippen molar-refractivity contribution in [1.29, 1.82) is 0 Å². The second-order valence-electron chi connectivity index (χ2n) is 8.04. The minimum atomic E-state index is -0.561. The van der Waals surface area contributed by atoms with Crippen molar-refractivity contribution in [3.8, 4) is 0 Å². The Hall–Kier alpha value is -4.32. The van der Waals surface area contributed by atoms with E-state index in [0.717, 1.165) is 0 Å². The van der Waals surface area contributed by atoms with Crippen molar-refractivity contribution in [2.75, 3.05) is 5.73 Å². The highest BCUT2D eigenvalue weighted by atomic mass is 35.5. The fraction of sp³-hybridized carbons (Fsp3) is 0.227. The van der Waals surface area contributed by atoms with Crippen LogP contribution in [0.15, 0.2) is 47.5 Å². The zero-order valence-corrected chi connectivity index (χ0v) is 19.6. The molecule has 178 valence electrons. The van der Waals surface area contributed by atoms with Crippen LogP contribution in [0.2, 0.25) is 5.02 Å². The molecule has 5 aromatic rings. The topological polar surface area (TPSA) is 151 Å². The van der Waals surface area contributed by atoms with Crippen LogP contribution < -0.4 is 16.6 Å². The van der Waals surface area contributed by atoms with E-state index in [2.05, 4.69) is 30.9 Å². The molecule has 5 rings (SSSR count). The molecule has 0 fully saturated rings. The van der Waals surface area contributed by atoms with Crippen molar-refractivity contribution in [2.24, 2.45) is 7.05 Å². The van der Waals surface area contributed by atoms with E-state index in [4.69, 9.17) is 17.3 Å². The van der Waals surface area contributed by atoms with Crippen LogP contribution in [0, 0.1) is 0 Å². The van der Waals surface area contributed by atoms with Crippen molar-refractivity contribution in [3.05, 3.63) is 75.2 Å². The molecular formula is C22H21ClN10O2. The molecule has 0 radical (unpaired) electrons. The molecule has 1 amide bonds. The van der Waals surface area contributed by atoms with Gasteiger partial charge in [-0.15, -0.1) is 10.2 Å². The molecule has 1 aromatic carbocycles. The largest absolute Gasteiger partial charge is 0.381 e. The summed E-state index contributed by atoms with van der Waals surface area (Å²) in [6, 6.07) is 8.24. The van der Waals surface area contributed by atoms with Crippen LogP contribution in [-0.4, -0.2) is 45.3 Å². The Kier molecular flexibility index (Phi) is 5.65. The molecule has 0 aliphatic rings. The summed E-state index contributed by atoms with van der Waals surface area (Å²) in [5.74, 6) is 0.223. The van der Waals surface area contributed by atoms with Crippen molar-refractivity contribution >= 4 is 39.7 Å². The van der Waals surface area contributed by atoms with Crippen LogP contribution in [-0.2, 0) is 20.0 Å². The average molecular weight is 493 g/mol. The van der Waals surface area contributed by atoms with Crippen LogP contribution in [0.1, 0.15) is 34.8 Å². The van der Waals surface area contributed by atoms with E-state index < -0.39 is 11.9 Å². The summed E-state index contributed by atoms with van der Waals surface area (Å²) in [7, 11) is 1.73. The van der Waals surface area contributed by atoms with Crippen LogP contribution in [0.25, 0.3) is 16.4 Å². The van der Waals surface area contributed by atoms with Gasteiger partial charge in [-0.1, -0.05) is 23.7 Å². The van der Waals surface area contributed by atoms with Gasteiger partial charge in [0.15, 0.2) is 17.3 Å². The van der Waals surface area contributed by atoms with Gasteiger partial charge in [-0.2, -0.15) is 0 Å². The number of benzene rings is 1. The Bertz CT molecular complexity index is 1640. The predicted octanol–water partition coefficient (Wildman–Crippen LogP) is 1.54. The second kappa shape index (κ2) is 8.80. The molecule has 4 heterocycles. The number of nitrogens with one attached hydrogen (secondary N) is 1. The first-order valence-corrected chi connectivity index (χ1v) is 11.2. The monoisotopic (exact) mass is 492 g/mol. The van der Waals surface area contributed by atoms with Crippen molar-refractivity contribution in [1.82, 2.24) is 44.7 Å². The van der Waals surface area contributed by atoms with Crippen LogP contribution in [0.5, 0.6) is 0 Å². The lowest BCUT2D eigenvalue weighted by Gasteiger charge is -2.21. The van der Waals surface area contributed by atoms with E-state index in [1.165, 1.54) is 4.52 Å². The van der Waals surface area contributed by atoms with E-state index in [1.54, 1.807) is 53.8 Å². The maximum Gasteiger partial charge on any atom is 0.260 e. The van der Waals surface area contributed by atoms with Gasteiger partial charge in [-0.25, -0.2) is 14.2 Å². The highest BCUT2D eigenvalue weighted by Gasteiger charge is 2.23. The third kappa shape index (κ3) is 3.97. The standard InChI is InChI=1S/C22H21ClN10O2/c1-12(26-21(34)18-19(24)28-33-9-4-8-25-20(18)33)15-11-13-5-3-6-14(23)17(13)22(35)32(15)10-7-16-27-29-30-31(16)2/h3-6,8-9,11-12H,7,10H2,1-2H3,(H2,24,28)(H,26,34)/t12-/m0/s1. The SMILES string of the molecule is C[C@H](NC(=O)c1c(N)nn2cccnc12)c1cc2cccc(Cl)c2c(=O)n1CCc1nnnn1C. The number of anilines is 1. The quantitative estimate of drug-likeness (QED) is 0.362. The van der Waals surface area contributed by atoms with Crippen LogP contribution in [0.3, 0.4) is 0 Å². The lowest BCUT2D eigenvalue weighted by Crippen LogP contribution is -2.33. The number of amides is 1. The van der Waals surface area contributed by atoms with Crippen LogP contribution in [0.4, 0.5) is 5.82 Å². The number of aromatic nitrogens is 8. The second-order valence-corrected chi connectivity index (χ2v) is 8.45. The predicted molar refractivity (Wildman–Crippen MR) is 129 cm³/mol. The third-order valence-electron chi connectivity index (χ3n) is 5.83. The van der Waals surface area contributed by atoms with Gasteiger partial charge >= 0.3 is 0 Å². The van der Waals surface area contributed by atoms with Gasteiger partial charge in [0.2, 0.25) is 0 Å². The number of nitrogens with zero attached hydrogens (tertiary/aromatic N) is 8. The van der Waals surface area contributed by atoms with E-state index in [0.29, 0.717) is 39.4 Å². The fourth-order valence-electron chi connectivity index (χ4n) is 4.10. The molecule has 4 aromatic heterocycles. The van der Waals surface area contributed by atoms with Gasteiger partial charge in [0, 0.05) is 38.1 Å². The van der Waals surface area contributed by atoms with Gasteiger partial charge in [0.05, 0.1) is 16.5 Å². The first-order chi connectivity index (χ1) is 16.8. The number of hydrogen-bond donors (Lipinski definition) is 2. The molecule has 13 heteroatoms. The lowest BCUT2D eigenvalue weighted by molar-refractivity contribution is 0.0940. The number of nitrogen functional groups attached to an aromatic ring is 1. The number of nitrogens with two attached hydrogens (primary N) is 1. The summed E-state index contributed by atoms with van der Waals surface area (Å²) in [5.41, 5.74) is 6.84. The smallest absolute Gasteiger partial charge is 0.260 e. The van der Waals surface area contributed by atoms with Gasteiger partial charge < -0.3 is 15.6 Å². The first-order valence-electron chi connectivity index (χ1n) is 10.8. The van der Waals surface area contributed by atoms with Crippen LogP contribution >= 0.6 is 11.6 Å². The van der Waals surface area contributed by atoms with E-state index >= 15 is 0 Å². The molecule has 1 atom stereocenters. The molecule has 0 aliphatic heterocycles. The molecule has 0 bridgehead atoms. The van der Waals surface area contributed by atoms with E-state index in [-0.39, 0.29) is 23.5 Å². The summed E-state index contributed by atoms with van der Waals surface area (Å²) in [6.07, 6.45) is 3.62. The molecule has 0 saturated heterocycles. The Morgan fingerprint density at radius 2 is 2.11 bits per heavy atom. The number of rotatable bonds is 6. The normalized spacial score (nSPS) is 12.3. The zero-order chi connectivity index (χ0) is 24.7. The number of pyridine rings is 1. The molecule has 12 nitrogen and oxygen atoms in total. The Labute approximate surface area is 203 Å². The summed E-state index contributed by atoms with van der Waals surface area (Å²) in [5, 5.41) is 20.0. The summed E-state index contributed by atoms with van der Waals surface area (Å²) in [6.45, 7) is 2.07. The van der Waals surface area contributed by atoms with Gasteiger partial charge in [0.1, 0.15) is 5.56 Å². The van der Waals surface area contributed by atoms with Crippen molar-refractivity contribution in [2.45, 2.75) is 25.9 Å². The van der Waals surface area contributed by atoms with E-state index in [9.17, 15) is 9.59 Å². The number of fused-ring (bicyclic) bond motifs is 2. The van der Waals surface area contributed by atoms with Gasteiger partial charge in [-0.05, 0) is 40.9 Å². The number of carbonyl (C=O) groups is 1. The Morgan fingerprint density at radius 3 is 2.89 bits per heavy atom. The van der Waals surface area contributed by atoms with Gasteiger partial charge in [-0.3, -0.25) is 9.59 Å². The number of aryl methyl sites for hydroxylation is 2. The molecule has 3 N–H and O–H groups in total. The van der Waals surface area contributed by atoms with E-state index in [1.807, 2.05) is 12.1 Å². The number of halogens is 1. The molecule has 0 spiro atoms. The van der Waals surface area contributed by atoms with Crippen molar-refractivity contribution in [3.63, 3.8) is 0 Å². The maximum absolute atomic E-state index is 13.5. The minimum absolute atomic E-state index is 0.0610. The molecule has 0 aliphatic carbocycles. The number of hydrogen-bond acceptors (Lipinski definition) is 8. The zero-order valence-electron chi connectivity index (χ0n) is 18.9. The number of carbonyl (C=O) groups excluding carboxylic acids is 1. The third-order valence-corrected chi connectivity index (χ3v) is 6.14. The maximum atomic E-state index is 13.5. The highest BCUT2D eigenvalue weighted by molar-refractivity contribution is 6.35. The van der Waals surface area contributed by atoms with Crippen molar-refractivity contribution < 1.29 is 4.79 Å². The van der Waals surface area contributed by atoms with Gasteiger partial charge in [0.25, 0.3) is 11.5 Å². The molecule has 0 unspecified atom stereocenters.